The first-order chi connectivity index (χ1) is 15.1. The van der Waals surface area contributed by atoms with Crippen LogP contribution in [0, 0.1) is 23.1 Å². The Labute approximate surface area is 179 Å². The number of rotatable bonds is 5. The number of halogens is 1. The van der Waals surface area contributed by atoms with Gasteiger partial charge in [0.15, 0.2) is 11.6 Å². The summed E-state index contributed by atoms with van der Waals surface area (Å²) in [5.41, 5.74) is 1.76. The van der Waals surface area contributed by atoms with Crippen molar-refractivity contribution in [3.8, 4) is 6.07 Å². The summed E-state index contributed by atoms with van der Waals surface area (Å²) in [6, 6.07) is 10.4. The summed E-state index contributed by atoms with van der Waals surface area (Å²) in [4.78, 5) is 23.9. The fourth-order valence-electron chi connectivity index (χ4n) is 4.09. The molecule has 2 fully saturated rings. The van der Waals surface area contributed by atoms with Crippen molar-refractivity contribution in [2.45, 2.75) is 38.3 Å². The summed E-state index contributed by atoms with van der Waals surface area (Å²) in [7, 11) is 0. The fourth-order valence-corrected chi connectivity index (χ4v) is 4.09. The van der Waals surface area contributed by atoms with E-state index in [1.165, 1.54) is 12.3 Å². The summed E-state index contributed by atoms with van der Waals surface area (Å²) in [6.07, 6.45) is 5.63. The van der Waals surface area contributed by atoms with E-state index in [0.29, 0.717) is 24.1 Å². The summed E-state index contributed by atoms with van der Waals surface area (Å²) in [5, 5.41) is 12.7. The molecule has 1 N–H and O–H groups in total. The average molecular weight is 418 g/mol. The highest BCUT2D eigenvalue weighted by atomic mass is 19.1. The molecule has 1 saturated heterocycles. The highest BCUT2D eigenvalue weighted by Gasteiger charge is 2.27. The Hall–Kier alpha value is -3.47. The highest BCUT2D eigenvalue weighted by molar-refractivity contribution is 5.82. The zero-order valence-electron chi connectivity index (χ0n) is 17.1. The lowest BCUT2D eigenvalue weighted by atomic mass is 9.96. The van der Waals surface area contributed by atoms with Crippen LogP contribution in [0.5, 0.6) is 0 Å². The molecule has 2 aromatic heterocycles. The minimum Gasteiger partial charge on any atom is -0.364 e. The molecule has 0 radical (unpaired) electrons. The van der Waals surface area contributed by atoms with Gasteiger partial charge in [-0.1, -0.05) is 0 Å². The molecule has 7 nitrogen and oxygen atoms in total. The van der Waals surface area contributed by atoms with E-state index in [0.717, 1.165) is 67.5 Å². The molecule has 5 rings (SSSR count). The lowest BCUT2D eigenvalue weighted by Gasteiger charge is -2.34. The van der Waals surface area contributed by atoms with Crippen LogP contribution >= 0.6 is 0 Å². The molecule has 0 unspecified atom stereocenters. The molecule has 8 heteroatoms. The first-order valence-corrected chi connectivity index (χ1v) is 10.7. The lowest BCUT2D eigenvalue weighted by Crippen LogP contribution is -2.37. The number of piperidine rings is 1. The molecule has 1 aliphatic heterocycles. The maximum atomic E-state index is 13.2. The fraction of sp³-hybridized carbons (Fsp3) is 0.391. The predicted octanol–water partition coefficient (Wildman–Crippen LogP) is 3.29. The molecular formula is C23H23FN6O. The standard InChI is InChI=1S/C23H23FN6O/c24-17-7-10-30(21(31)12-17)14-15-5-8-29(9-6-15)23-22(26-18-2-3-18)27-19-4-1-16(13-25)11-20(19)28-23/h1,4,7,10-12,15,18H,2-3,5-6,8-9,14H2,(H,26,27). The number of nitrogens with one attached hydrogen (secondary N) is 1. The Morgan fingerprint density at radius 1 is 1.10 bits per heavy atom. The molecule has 1 aromatic carbocycles. The van der Waals surface area contributed by atoms with Crippen molar-refractivity contribution >= 4 is 22.7 Å². The number of nitrogens with zero attached hydrogens (tertiary/aromatic N) is 5. The van der Waals surface area contributed by atoms with Crippen LogP contribution in [0.1, 0.15) is 31.2 Å². The van der Waals surface area contributed by atoms with Crippen LogP contribution < -0.4 is 15.8 Å². The van der Waals surface area contributed by atoms with Crippen molar-refractivity contribution in [3.05, 3.63) is 58.3 Å². The molecule has 1 saturated carbocycles. The van der Waals surface area contributed by atoms with Gasteiger partial charge in [0, 0.05) is 37.9 Å². The number of nitriles is 1. The molecule has 31 heavy (non-hydrogen) atoms. The molecular weight excluding hydrogens is 395 g/mol. The van der Waals surface area contributed by atoms with Crippen LogP contribution in [0.3, 0.4) is 0 Å². The van der Waals surface area contributed by atoms with Gasteiger partial charge in [-0.3, -0.25) is 4.79 Å². The van der Waals surface area contributed by atoms with Gasteiger partial charge >= 0.3 is 0 Å². The molecule has 3 aromatic rings. The second-order valence-corrected chi connectivity index (χ2v) is 8.40. The van der Waals surface area contributed by atoms with Crippen LogP contribution in [-0.4, -0.2) is 33.7 Å². The summed E-state index contributed by atoms with van der Waals surface area (Å²) < 4.78 is 14.8. The molecule has 0 bridgehead atoms. The van der Waals surface area contributed by atoms with Gasteiger partial charge < -0.3 is 14.8 Å². The molecule has 0 atom stereocenters. The summed E-state index contributed by atoms with van der Waals surface area (Å²) in [5.74, 6) is 1.47. The highest BCUT2D eigenvalue weighted by Crippen LogP contribution is 2.33. The Morgan fingerprint density at radius 3 is 2.61 bits per heavy atom. The van der Waals surface area contributed by atoms with Crippen LogP contribution in [0.4, 0.5) is 16.0 Å². The largest absolute Gasteiger partial charge is 0.364 e. The van der Waals surface area contributed by atoms with Gasteiger partial charge in [0.2, 0.25) is 0 Å². The van der Waals surface area contributed by atoms with Crippen molar-refractivity contribution in [2.75, 3.05) is 23.3 Å². The van der Waals surface area contributed by atoms with Gasteiger partial charge in [0.1, 0.15) is 5.82 Å². The average Bonchev–Trinajstić information content (AvgIpc) is 3.59. The van der Waals surface area contributed by atoms with E-state index in [-0.39, 0.29) is 5.56 Å². The number of anilines is 2. The van der Waals surface area contributed by atoms with Gasteiger partial charge in [-0.15, -0.1) is 0 Å². The first kappa shape index (κ1) is 19.5. The van der Waals surface area contributed by atoms with E-state index in [9.17, 15) is 14.4 Å². The number of hydrogen-bond donors (Lipinski definition) is 1. The zero-order valence-corrected chi connectivity index (χ0v) is 17.1. The number of fused-ring (bicyclic) bond motifs is 1. The van der Waals surface area contributed by atoms with Crippen LogP contribution in [0.2, 0.25) is 0 Å². The lowest BCUT2D eigenvalue weighted by molar-refractivity contribution is 0.351. The Bertz CT molecular complexity index is 1220. The van der Waals surface area contributed by atoms with Gasteiger partial charge in [0.25, 0.3) is 5.56 Å². The van der Waals surface area contributed by atoms with Crippen molar-refractivity contribution < 1.29 is 4.39 Å². The zero-order chi connectivity index (χ0) is 21.4. The Morgan fingerprint density at radius 2 is 1.90 bits per heavy atom. The van der Waals surface area contributed by atoms with Crippen molar-refractivity contribution in [2.24, 2.45) is 5.92 Å². The van der Waals surface area contributed by atoms with E-state index in [4.69, 9.17) is 9.97 Å². The quantitative estimate of drug-likeness (QED) is 0.684. The number of hydrogen-bond acceptors (Lipinski definition) is 6. The maximum absolute atomic E-state index is 13.2. The second-order valence-electron chi connectivity index (χ2n) is 8.40. The van der Waals surface area contributed by atoms with Gasteiger partial charge in [-0.05, 0) is 55.9 Å². The second kappa shape index (κ2) is 7.99. The van der Waals surface area contributed by atoms with Gasteiger partial charge in [-0.25, -0.2) is 14.4 Å². The van der Waals surface area contributed by atoms with Crippen molar-refractivity contribution in [1.82, 2.24) is 14.5 Å². The molecule has 1 aliphatic carbocycles. The topological polar surface area (TPSA) is 86.8 Å². The third-order valence-electron chi connectivity index (χ3n) is 6.02. The Balaban J connectivity index is 1.36. The number of aromatic nitrogens is 3. The van der Waals surface area contributed by atoms with E-state index < -0.39 is 5.82 Å². The predicted molar refractivity (Wildman–Crippen MR) is 116 cm³/mol. The minimum absolute atomic E-state index is 0.299. The van der Waals surface area contributed by atoms with E-state index in [2.05, 4.69) is 16.3 Å². The van der Waals surface area contributed by atoms with Crippen LogP contribution in [0.15, 0.2) is 41.3 Å². The molecule has 0 spiro atoms. The Kier molecular flexibility index (Phi) is 5.02. The monoisotopic (exact) mass is 418 g/mol. The maximum Gasteiger partial charge on any atom is 0.253 e. The first-order valence-electron chi connectivity index (χ1n) is 10.7. The van der Waals surface area contributed by atoms with Crippen LogP contribution in [-0.2, 0) is 6.54 Å². The summed E-state index contributed by atoms with van der Waals surface area (Å²) >= 11 is 0. The van der Waals surface area contributed by atoms with E-state index in [1.54, 1.807) is 16.7 Å². The van der Waals surface area contributed by atoms with Crippen molar-refractivity contribution in [1.29, 1.82) is 5.26 Å². The van der Waals surface area contributed by atoms with E-state index in [1.807, 2.05) is 6.07 Å². The van der Waals surface area contributed by atoms with Crippen molar-refractivity contribution in [3.63, 3.8) is 0 Å². The third-order valence-corrected chi connectivity index (χ3v) is 6.02. The minimum atomic E-state index is -0.499. The van der Waals surface area contributed by atoms with Gasteiger partial charge in [-0.2, -0.15) is 5.26 Å². The van der Waals surface area contributed by atoms with Crippen LogP contribution in [0.25, 0.3) is 11.0 Å². The number of pyridine rings is 1. The smallest absolute Gasteiger partial charge is 0.253 e. The van der Waals surface area contributed by atoms with Gasteiger partial charge in [0.05, 0.1) is 22.7 Å². The SMILES string of the molecule is N#Cc1ccc2nc(NC3CC3)c(N3CCC(Cn4ccc(F)cc4=O)CC3)nc2c1. The molecule has 2 aliphatic rings. The molecule has 158 valence electrons. The molecule has 0 amide bonds. The summed E-state index contributed by atoms with van der Waals surface area (Å²) in [6.45, 7) is 2.20. The van der Waals surface area contributed by atoms with E-state index >= 15 is 0 Å². The third kappa shape index (κ3) is 4.22. The normalized spacial score (nSPS) is 17.0. The molecule has 3 heterocycles. The number of benzene rings is 1.